The van der Waals surface area contributed by atoms with Crippen molar-refractivity contribution in [2.45, 2.75) is 263 Å². The first-order chi connectivity index (χ1) is 41.6. The van der Waals surface area contributed by atoms with Crippen LogP contribution < -0.4 is 0 Å². The molecule has 10 fully saturated rings. The third kappa shape index (κ3) is 12.3. The highest BCUT2D eigenvalue weighted by molar-refractivity contribution is 5.17. The van der Waals surface area contributed by atoms with Crippen LogP contribution in [0.4, 0.5) is 0 Å². The standard InChI is InChI=1S/C57H96O31/c1-19(18-78-50-42(72)38(68)33(63)27(13-58)80-50)7-10-57(77)20(2)32-25(88-57)12-24-22-6-5-21-11-26(37(67)49(76)56(21,4)23(22)8-9-55(24,32)3)79-51-45(75)41(71)46(31(17-62)84-51)85-54-48(87-53-44(74)40(70)35(65)29(15-60)82-53)47(36(66)30(16-61)83-54)86-52-43(73)39(69)34(64)28(14-59)81-52/h19-54,58-77H,5-18H2,1-4H3/t19-,20+,21-,22-,23+,24+,25+,26-,27-,28-,29-,30-,31-,32+,33-,34-,35-,36-,37-,38+,39+,40+,41-,42-,43-,44-,45-,46+,47+,48-,49+,50-,51-,52+,53+,54+,55+,56+,57-/m1/s1. The molecule has 10 aliphatic rings. The summed E-state index contributed by atoms with van der Waals surface area (Å²) in [6, 6.07) is 0. The molecular formula is C57H96O31. The number of ether oxygens (including phenoxy) is 11. The summed E-state index contributed by atoms with van der Waals surface area (Å²) < 4.78 is 65.4. The molecule has 39 atom stereocenters. The third-order valence-electron chi connectivity index (χ3n) is 22.4. The molecule has 31 nitrogen and oxygen atoms in total. The van der Waals surface area contributed by atoms with Gasteiger partial charge >= 0.3 is 0 Å². The predicted molar refractivity (Wildman–Crippen MR) is 287 cm³/mol. The second-order valence-corrected chi connectivity index (χ2v) is 27.3. The van der Waals surface area contributed by atoms with Crippen molar-refractivity contribution < 1.29 is 154 Å². The van der Waals surface area contributed by atoms with Gasteiger partial charge in [0.05, 0.1) is 58.0 Å². The highest BCUT2D eigenvalue weighted by Gasteiger charge is 2.70. The Kier molecular flexibility index (Phi) is 21.7. The fraction of sp³-hybridized carbons (Fsp3) is 1.00. The minimum atomic E-state index is -2.11. The van der Waals surface area contributed by atoms with Crippen LogP contribution in [0.25, 0.3) is 0 Å². The first-order valence-corrected chi connectivity index (χ1v) is 31.1. The van der Waals surface area contributed by atoms with Gasteiger partial charge in [-0.2, -0.15) is 0 Å². The molecule has 0 unspecified atom stereocenters. The molecule has 88 heavy (non-hydrogen) atoms. The van der Waals surface area contributed by atoms with Crippen molar-refractivity contribution in [3.05, 3.63) is 0 Å². The molecule has 4 saturated carbocycles. The van der Waals surface area contributed by atoms with Crippen LogP contribution in [-0.4, -0.2) is 326 Å². The average Bonchev–Trinajstić information content (AvgIpc) is 1.45. The lowest BCUT2D eigenvalue weighted by Gasteiger charge is -2.63. The van der Waals surface area contributed by atoms with Gasteiger partial charge in [-0.1, -0.05) is 27.7 Å². The van der Waals surface area contributed by atoms with Crippen molar-refractivity contribution in [1.82, 2.24) is 0 Å². The number of hydrogen-bond donors (Lipinski definition) is 20. The molecule has 0 radical (unpaired) electrons. The highest BCUT2D eigenvalue weighted by atomic mass is 16.8. The van der Waals surface area contributed by atoms with Gasteiger partial charge in [-0.25, -0.2) is 0 Å². The molecule has 0 aromatic heterocycles. The Labute approximate surface area is 507 Å². The van der Waals surface area contributed by atoms with Crippen LogP contribution in [0, 0.1) is 52.3 Å². The number of aliphatic hydroxyl groups is 20. The van der Waals surface area contributed by atoms with Crippen LogP contribution in [0.3, 0.4) is 0 Å². The second kappa shape index (κ2) is 27.5. The summed E-state index contributed by atoms with van der Waals surface area (Å²) in [7, 11) is 0. The molecule has 31 heteroatoms. The fourth-order valence-electron chi connectivity index (χ4n) is 17.2. The van der Waals surface area contributed by atoms with Gasteiger partial charge in [0.15, 0.2) is 37.2 Å². The van der Waals surface area contributed by atoms with E-state index in [0.717, 1.165) is 12.8 Å². The lowest BCUT2D eigenvalue weighted by Crippen LogP contribution is -2.69. The van der Waals surface area contributed by atoms with Crippen molar-refractivity contribution >= 4 is 0 Å². The van der Waals surface area contributed by atoms with Gasteiger partial charge in [-0.05, 0) is 85.9 Å². The topological polar surface area (TPSA) is 506 Å². The van der Waals surface area contributed by atoms with Crippen molar-refractivity contribution in [3.8, 4) is 0 Å². The van der Waals surface area contributed by atoms with E-state index in [1.165, 1.54) is 0 Å². The maximum absolute atomic E-state index is 12.4. The normalized spacial score (nSPS) is 56.0. The van der Waals surface area contributed by atoms with Crippen molar-refractivity contribution in [3.63, 3.8) is 0 Å². The van der Waals surface area contributed by atoms with Gasteiger partial charge in [0.1, 0.15) is 128 Å². The molecule has 0 aromatic carbocycles. The molecular weight excluding hydrogens is 1180 g/mol. The van der Waals surface area contributed by atoms with E-state index < -0.39 is 216 Å². The van der Waals surface area contributed by atoms with Crippen molar-refractivity contribution in [2.24, 2.45) is 52.3 Å². The van der Waals surface area contributed by atoms with Gasteiger partial charge in [0.25, 0.3) is 0 Å². The van der Waals surface area contributed by atoms with Gasteiger partial charge in [-0.15, -0.1) is 0 Å². The molecule has 0 aromatic rings. The predicted octanol–water partition coefficient (Wildman–Crippen LogP) is -8.19. The van der Waals surface area contributed by atoms with Gasteiger partial charge in [0.2, 0.25) is 0 Å². The van der Waals surface area contributed by atoms with E-state index >= 15 is 0 Å². The maximum Gasteiger partial charge on any atom is 0.187 e. The van der Waals surface area contributed by atoms with Gasteiger partial charge in [0, 0.05) is 17.8 Å². The van der Waals surface area contributed by atoms with E-state index in [0.29, 0.717) is 32.1 Å². The minimum absolute atomic E-state index is 0.0159. The van der Waals surface area contributed by atoms with Crippen LogP contribution in [0.2, 0.25) is 0 Å². The van der Waals surface area contributed by atoms with E-state index in [1.54, 1.807) is 0 Å². The Hall–Kier alpha value is -1.24. The van der Waals surface area contributed by atoms with E-state index in [1.807, 2.05) is 20.8 Å². The zero-order valence-corrected chi connectivity index (χ0v) is 49.6. The Morgan fingerprint density at radius 1 is 0.477 bits per heavy atom. The van der Waals surface area contributed by atoms with Gasteiger partial charge < -0.3 is 154 Å². The van der Waals surface area contributed by atoms with Crippen molar-refractivity contribution in [1.29, 1.82) is 0 Å². The number of aliphatic hydroxyl groups excluding tert-OH is 19. The zero-order valence-electron chi connectivity index (χ0n) is 49.6. The summed E-state index contributed by atoms with van der Waals surface area (Å²) in [5.41, 5.74) is -1.04. The van der Waals surface area contributed by atoms with Crippen LogP contribution in [0.1, 0.15) is 79.1 Å². The maximum atomic E-state index is 12.4. The molecule has 20 N–H and O–H groups in total. The smallest absolute Gasteiger partial charge is 0.187 e. The van der Waals surface area contributed by atoms with Crippen LogP contribution in [0.5, 0.6) is 0 Å². The minimum Gasteiger partial charge on any atom is -0.394 e. The quantitative estimate of drug-likeness (QED) is 0.0534. The molecule has 0 amide bonds. The summed E-state index contributed by atoms with van der Waals surface area (Å²) in [6.07, 6.45) is -44.8. The van der Waals surface area contributed by atoms with E-state index in [-0.39, 0.29) is 66.0 Å². The summed E-state index contributed by atoms with van der Waals surface area (Å²) in [5, 5.41) is 217. The lowest BCUT2D eigenvalue weighted by atomic mass is 9.43. The SMILES string of the molecule is C[C@H](CC[C@@]1(O)O[C@H]2C[C@H]3[C@@H]4CC[C@@H]5C[C@@H](O[C@@H]6O[C@H](CO)[C@H](O[C@@H]7O[C@H](CO)[C@@H](O)[C@H](O[C@@H]8O[C@H](CO)[C@@H](O)[C@H](O)[C@H]8O)[C@H]7O[C@@H]7O[C@H](CO)[C@@H](O)[C@H](O)[C@H]7O)[C@H](O)[C@H]6O)[C@@H](O)[C@H](O)[C@]5(C)[C@H]4CC[C@]3(C)[C@H]2[C@@H]1C)CO[C@@H]1O[C@H](CO)[C@@H](O)[C@H](O)[C@H]1O. The summed E-state index contributed by atoms with van der Waals surface area (Å²) >= 11 is 0. The lowest BCUT2D eigenvalue weighted by molar-refractivity contribution is -0.407. The zero-order chi connectivity index (χ0) is 64.0. The van der Waals surface area contributed by atoms with E-state index in [9.17, 15) is 102 Å². The largest absolute Gasteiger partial charge is 0.394 e. The monoisotopic (exact) mass is 1280 g/mol. The van der Waals surface area contributed by atoms with Crippen LogP contribution in [0.15, 0.2) is 0 Å². The molecule has 6 heterocycles. The first-order valence-electron chi connectivity index (χ1n) is 31.1. The molecule has 10 rings (SSSR count). The Morgan fingerprint density at radius 3 is 1.52 bits per heavy atom. The Balaban J connectivity index is 0.788. The summed E-state index contributed by atoms with van der Waals surface area (Å²) in [4.78, 5) is 0. The highest BCUT2D eigenvalue weighted by Crippen LogP contribution is 2.71. The Morgan fingerprint density at radius 2 is 0.955 bits per heavy atom. The Bertz CT molecular complexity index is 2260. The molecule has 510 valence electrons. The van der Waals surface area contributed by atoms with Crippen molar-refractivity contribution in [2.75, 3.05) is 39.6 Å². The number of fused-ring (bicyclic) bond motifs is 7. The third-order valence-corrected chi connectivity index (χ3v) is 22.4. The first kappa shape index (κ1) is 69.6. The molecule has 6 aliphatic heterocycles. The van der Waals surface area contributed by atoms with Crippen LogP contribution in [-0.2, 0) is 52.1 Å². The number of rotatable bonds is 19. The fourth-order valence-corrected chi connectivity index (χ4v) is 17.2. The molecule has 0 spiro atoms. The summed E-state index contributed by atoms with van der Waals surface area (Å²) in [6.45, 7) is 3.97. The molecule has 4 aliphatic carbocycles. The molecule has 6 saturated heterocycles. The van der Waals surface area contributed by atoms with Gasteiger partial charge in [-0.3, -0.25) is 0 Å². The summed E-state index contributed by atoms with van der Waals surface area (Å²) in [5.74, 6) is -1.75. The van der Waals surface area contributed by atoms with E-state index in [4.69, 9.17) is 52.1 Å². The molecule has 0 bridgehead atoms. The number of hydrogen-bond acceptors (Lipinski definition) is 31. The van der Waals surface area contributed by atoms with E-state index in [2.05, 4.69) is 6.92 Å². The second-order valence-electron chi connectivity index (χ2n) is 27.3. The average molecular weight is 1280 g/mol. The van der Waals surface area contributed by atoms with Crippen LogP contribution >= 0.6 is 0 Å².